The summed E-state index contributed by atoms with van der Waals surface area (Å²) in [6.07, 6.45) is 0. The van der Waals surface area contributed by atoms with Gasteiger partial charge in [0, 0.05) is 6.07 Å². The lowest BCUT2D eigenvalue weighted by atomic mass is 10.1. The monoisotopic (exact) mass is 376 g/mol. The second-order valence-electron chi connectivity index (χ2n) is 6.03. The first-order chi connectivity index (χ1) is 13.4. The number of non-ortho nitro benzene ring substituents is 1. The Hall–Kier alpha value is -4.20. The Morgan fingerprint density at radius 1 is 0.857 bits per heavy atom. The summed E-state index contributed by atoms with van der Waals surface area (Å²) in [5, 5.41) is 20.3. The van der Waals surface area contributed by atoms with Gasteiger partial charge in [-0.2, -0.15) is 0 Å². The number of phenolic OH excluding ortho intramolecular Hbond substituents is 1. The van der Waals surface area contributed by atoms with Crippen LogP contribution >= 0.6 is 0 Å². The predicted molar refractivity (Wildman–Crippen MR) is 98.9 cm³/mol. The fourth-order valence-corrected chi connectivity index (χ4v) is 2.92. The van der Waals surface area contributed by atoms with Gasteiger partial charge < -0.3 is 9.84 Å². The molecule has 0 spiro atoms. The summed E-state index contributed by atoms with van der Waals surface area (Å²) < 4.78 is 5.62. The van der Waals surface area contributed by atoms with Gasteiger partial charge in [0.1, 0.15) is 17.2 Å². The lowest BCUT2D eigenvalue weighted by Crippen LogP contribution is -2.29. The normalized spacial score (nSPS) is 12.8. The quantitative estimate of drug-likeness (QED) is 0.420. The molecule has 2 amide bonds. The zero-order valence-corrected chi connectivity index (χ0v) is 14.2. The maximum Gasteiger partial charge on any atom is 0.273 e. The van der Waals surface area contributed by atoms with Crippen LogP contribution in [0.3, 0.4) is 0 Å². The van der Waals surface area contributed by atoms with Crippen LogP contribution in [0.5, 0.6) is 17.2 Å². The molecule has 1 N–H and O–H groups in total. The van der Waals surface area contributed by atoms with Gasteiger partial charge in [0.05, 0.1) is 27.8 Å². The minimum absolute atomic E-state index is 0.0213. The number of hydrogen-bond donors (Lipinski definition) is 1. The van der Waals surface area contributed by atoms with Crippen molar-refractivity contribution in [2.75, 3.05) is 4.90 Å². The number of anilines is 1. The van der Waals surface area contributed by atoms with Crippen molar-refractivity contribution in [3.05, 3.63) is 88.0 Å². The number of hydrogen-bond acceptors (Lipinski definition) is 6. The third-order valence-electron chi connectivity index (χ3n) is 4.23. The van der Waals surface area contributed by atoms with Crippen molar-refractivity contribution in [1.29, 1.82) is 0 Å². The van der Waals surface area contributed by atoms with Crippen LogP contribution in [0, 0.1) is 10.1 Å². The maximum absolute atomic E-state index is 12.7. The van der Waals surface area contributed by atoms with Crippen LogP contribution in [0.15, 0.2) is 66.7 Å². The summed E-state index contributed by atoms with van der Waals surface area (Å²) in [5.41, 5.74) is 0.610. The largest absolute Gasteiger partial charge is 0.508 e. The number of ether oxygens (including phenoxy) is 1. The number of benzene rings is 3. The Bertz CT molecular complexity index is 1120. The highest BCUT2D eigenvalue weighted by Gasteiger charge is 2.37. The fraction of sp³-hybridized carbons (Fsp3) is 0. The van der Waals surface area contributed by atoms with Crippen LogP contribution in [0.1, 0.15) is 20.7 Å². The van der Waals surface area contributed by atoms with E-state index in [2.05, 4.69) is 0 Å². The van der Waals surface area contributed by atoms with E-state index in [0.29, 0.717) is 5.69 Å². The number of nitro groups is 1. The highest BCUT2D eigenvalue weighted by Crippen LogP contribution is 2.33. The SMILES string of the molecule is O=C1c2ccc(Oc3cccc([N+](=O)[O-])c3)cc2C(=O)N1c1ccc(O)cc1. The number of amides is 2. The van der Waals surface area contributed by atoms with Crippen molar-refractivity contribution in [2.24, 2.45) is 0 Å². The summed E-state index contributed by atoms with van der Waals surface area (Å²) in [6, 6.07) is 15.8. The summed E-state index contributed by atoms with van der Waals surface area (Å²) in [7, 11) is 0. The zero-order chi connectivity index (χ0) is 19.8. The van der Waals surface area contributed by atoms with Gasteiger partial charge in [-0.05, 0) is 48.5 Å². The van der Waals surface area contributed by atoms with Crippen molar-refractivity contribution >= 4 is 23.2 Å². The molecule has 0 bridgehead atoms. The first-order valence-electron chi connectivity index (χ1n) is 8.18. The molecule has 1 heterocycles. The molecule has 8 nitrogen and oxygen atoms in total. The van der Waals surface area contributed by atoms with Crippen molar-refractivity contribution in [3.8, 4) is 17.2 Å². The molecule has 0 saturated carbocycles. The first-order valence-corrected chi connectivity index (χ1v) is 8.18. The van der Waals surface area contributed by atoms with Gasteiger partial charge in [0.25, 0.3) is 17.5 Å². The van der Waals surface area contributed by atoms with Crippen molar-refractivity contribution in [3.63, 3.8) is 0 Å². The Morgan fingerprint density at radius 2 is 1.54 bits per heavy atom. The number of nitrogens with zero attached hydrogens (tertiary/aromatic N) is 2. The average molecular weight is 376 g/mol. The third-order valence-corrected chi connectivity index (χ3v) is 4.23. The molecule has 0 aliphatic carbocycles. The average Bonchev–Trinajstić information content (AvgIpc) is 2.93. The molecule has 0 atom stereocenters. The zero-order valence-electron chi connectivity index (χ0n) is 14.2. The molecular formula is C20H12N2O6. The Kier molecular flexibility index (Phi) is 4.00. The fourth-order valence-electron chi connectivity index (χ4n) is 2.92. The second-order valence-corrected chi connectivity index (χ2v) is 6.03. The van der Waals surface area contributed by atoms with E-state index in [0.717, 1.165) is 4.90 Å². The third kappa shape index (κ3) is 2.92. The molecule has 0 radical (unpaired) electrons. The van der Waals surface area contributed by atoms with Crippen molar-refractivity contribution in [2.45, 2.75) is 0 Å². The predicted octanol–water partition coefficient (Wildman–Crippen LogP) is 3.89. The van der Waals surface area contributed by atoms with Crippen LogP contribution in [-0.4, -0.2) is 21.8 Å². The molecule has 138 valence electrons. The number of carbonyl (C=O) groups is 2. The van der Waals surface area contributed by atoms with Crippen LogP contribution in [0.25, 0.3) is 0 Å². The van der Waals surface area contributed by atoms with Crippen LogP contribution < -0.4 is 9.64 Å². The van der Waals surface area contributed by atoms with Gasteiger partial charge in [-0.1, -0.05) is 6.07 Å². The van der Waals surface area contributed by atoms with Gasteiger partial charge in [-0.3, -0.25) is 19.7 Å². The number of imide groups is 1. The van der Waals surface area contributed by atoms with Crippen molar-refractivity contribution in [1.82, 2.24) is 0 Å². The van der Waals surface area contributed by atoms with E-state index in [-0.39, 0.29) is 34.1 Å². The van der Waals surface area contributed by atoms with E-state index in [1.54, 1.807) is 6.07 Å². The Balaban J connectivity index is 1.64. The molecule has 0 saturated heterocycles. The molecule has 3 aromatic rings. The number of carbonyl (C=O) groups excluding carboxylic acids is 2. The van der Waals surface area contributed by atoms with E-state index in [4.69, 9.17) is 4.74 Å². The summed E-state index contributed by atoms with van der Waals surface area (Å²) in [6.45, 7) is 0. The van der Waals surface area contributed by atoms with Crippen LogP contribution in [0.2, 0.25) is 0 Å². The molecule has 8 heteroatoms. The van der Waals surface area contributed by atoms with E-state index >= 15 is 0 Å². The van der Waals surface area contributed by atoms with E-state index in [1.807, 2.05) is 0 Å². The lowest BCUT2D eigenvalue weighted by molar-refractivity contribution is -0.384. The maximum atomic E-state index is 12.7. The highest BCUT2D eigenvalue weighted by molar-refractivity contribution is 6.34. The van der Waals surface area contributed by atoms with Gasteiger partial charge in [-0.15, -0.1) is 0 Å². The van der Waals surface area contributed by atoms with Gasteiger partial charge in [-0.25, -0.2) is 4.90 Å². The van der Waals surface area contributed by atoms with Gasteiger partial charge in [0.2, 0.25) is 0 Å². The molecule has 4 rings (SSSR count). The van der Waals surface area contributed by atoms with Gasteiger partial charge in [0.15, 0.2) is 0 Å². The second kappa shape index (κ2) is 6.51. The first kappa shape index (κ1) is 17.2. The standard InChI is InChI=1S/C20H12N2O6/c23-14-6-4-12(5-7-14)21-19(24)17-9-8-16(11-18(17)20(21)25)28-15-3-1-2-13(10-15)22(26)27/h1-11,23H. The topological polar surface area (TPSA) is 110 Å². The number of rotatable bonds is 4. The lowest BCUT2D eigenvalue weighted by Gasteiger charge is -2.13. The molecule has 0 unspecified atom stereocenters. The van der Waals surface area contributed by atoms with Crippen LogP contribution in [0.4, 0.5) is 11.4 Å². The molecule has 1 aliphatic rings. The molecule has 28 heavy (non-hydrogen) atoms. The Labute approximate surface area is 158 Å². The smallest absolute Gasteiger partial charge is 0.273 e. The number of fused-ring (bicyclic) bond motifs is 1. The van der Waals surface area contributed by atoms with E-state index in [1.165, 1.54) is 60.7 Å². The molecular weight excluding hydrogens is 364 g/mol. The molecule has 1 aliphatic heterocycles. The summed E-state index contributed by atoms with van der Waals surface area (Å²) >= 11 is 0. The summed E-state index contributed by atoms with van der Waals surface area (Å²) in [4.78, 5) is 36.7. The molecule has 0 aromatic heterocycles. The summed E-state index contributed by atoms with van der Waals surface area (Å²) in [5.74, 6) is -0.468. The number of nitro benzene ring substituents is 1. The Morgan fingerprint density at radius 3 is 2.25 bits per heavy atom. The van der Waals surface area contributed by atoms with E-state index < -0.39 is 16.7 Å². The highest BCUT2D eigenvalue weighted by atomic mass is 16.6. The molecule has 3 aromatic carbocycles. The van der Waals surface area contributed by atoms with Gasteiger partial charge >= 0.3 is 0 Å². The minimum atomic E-state index is -0.534. The van der Waals surface area contributed by atoms with E-state index in [9.17, 15) is 24.8 Å². The number of phenols is 1. The van der Waals surface area contributed by atoms with Crippen molar-refractivity contribution < 1.29 is 24.4 Å². The number of aromatic hydroxyl groups is 1. The molecule has 0 fully saturated rings. The van der Waals surface area contributed by atoms with Crippen LogP contribution in [-0.2, 0) is 0 Å². The minimum Gasteiger partial charge on any atom is -0.508 e.